The van der Waals surface area contributed by atoms with Gasteiger partial charge in [-0.25, -0.2) is 0 Å². The number of anilines is 2. The molecule has 2 rings (SSSR count). The lowest BCUT2D eigenvalue weighted by molar-refractivity contribution is 1.41. The highest BCUT2D eigenvalue weighted by atomic mass is 32.2. The normalized spacial score (nSPS) is 10.8. The average Bonchev–Trinajstić information content (AvgIpc) is 2.40. The van der Waals surface area contributed by atoms with Gasteiger partial charge in [0.25, 0.3) is 0 Å². The molecule has 0 bridgehead atoms. The van der Waals surface area contributed by atoms with Gasteiger partial charge in [-0.15, -0.1) is 11.8 Å². The highest BCUT2D eigenvalue weighted by molar-refractivity contribution is 8.11. The molecule has 0 saturated carbocycles. The fourth-order valence-corrected chi connectivity index (χ4v) is 1.89. The van der Waals surface area contributed by atoms with E-state index in [-0.39, 0.29) is 0 Å². The monoisotopic (exact) mass is 256 g/mol. The smallest absolute Gasteiger partial charge is 0.0640 e. The van der Waals surface area contributed by atoms with E-state index in [0.717, 1.165) is 17.1 Å². The summed E-state index contributed by atoms with van der Waals surface area (Å²) in [6.45, 7) is 2.09. The summed E-state index contributed by atoms with van der Waals surface area (Å²) in [7, 11) is 0. The molecule has 0 aliphatic rings. The first-order valence-corrected chi connectivity index (χ1v) is 7.06. The molecule has 0 aromatic heterocycles. The third kappa shape index (κ3) is 3.37. The standard InChI is InChI=1S/C15H16N2S/c1-12-10-14(16-11-18-2)8-9-15(12)17-13-6-4-3-5-7-13/h3-11,17H,1-2H3. The Morgan fingerprint density at radius 2 is 1.89 bits per heavy atom. The van der Waals surface area contributed by atoms with Gasteiger partial charge in [-0.05, 0) is 49.1 Å². The zero-order valence-corrected chi connectivity index (χ0v) is 11.4. The molecule has 0 fully saturated rings. The molecule has 0 amide bonds. The Kier molecular flexibility index (Phi) is 4.42. The largest absolute Gasteiger partial charge is 0.355 e. The summed E-state index contributed by atoms with van der Waals surface area (Å²) in [6, 6.07) is 16.3. The van der Waals surface area contributed by atoms with Crippen LogP contribution in [0.3, 0.4) is 0 Å². The highest BCUT2D eigenvalue weighted by Gasteiger charge is 1.99. The molecule has 18 heavy (non-hydrogen) atoms. The van der Waals surface area contributed by atoms with Crippen molar-refractivity contribution in [3.8, 4) is 0 Å². The van der Waals surface area contributed by atoms with Crippen molar-refractivity contribution in [2.75, 3.05) is 11.6 Å². The van der Waals surface area contributed by atoms with Gasteiger partial charge in [0.15, 0.2) is 0 Å². The Bertz CT molecular complexity index is 535. The summed E-state index contributed by atoms with van der Waals surface area (Å²) in [5.74, 6) is 0. The van der Waals surface area contributed by atoms with E-state index in [9.17, 15) is 0 Å². The first-order chi connectivity index (χ1) is 8.79. The van der Waals surface area contributed by atoms with Crippen LogP contribution in [0.25, 0.3) is 0 Å². The van der Waals surface area contributed by atoms with Crippen molar-refractivity contribution >= 4 is 34.4 Å². The molecule has 92 valence electrons. The summed E-state index contributed by atoms with van der Waals surface area (Å²) in [5, 5.41) is 3.40. The Labute approximate surface area is 112 Å². The molecule has 1 N–H and O–H groups in total. The van der Waals surface area contributed by atoms with Crippen molar-refractivity contribution in [2.24, 2.45) is 4.99 Å². The van der Waals surface area contributed by atoms with E-state index in [0.29, 0.717) is 0 Å². The van der Waals surface area contributed by atoms with Gasteiger partial charge < -0.3 is 5.32 Å². The van der Waals surface area contributed by atoms with Crippen LogP contribution in [0.5, 0.6) is 0 Å². The number of para-hydroxylation sites is 1. The van der Waals surface area contributed by atoms with E-state index in [4.69, 9.17) is 0 Å². The third-order valence-corrected chi connectivity index (χ3v) is 2.89. The first kappa shape index (κ1) is 12.7. The van der Waals surface area contributed by atoms with Gasteiger partial charge in [0.2, 0.25) is 0 Å². The van der Waals surface area contributed by atoms with Crippen LogP contribution in [0.1, 0.15) is 5.56 Å². The molecule has 0 saturated heterocycles. The van der Waals surface area contributed by atoms with Crippen molar-refractivity contribution in [1.82, 2.24) is 0 Å². The molecule has 0 unspecified atom stereocenters. The van der Waals surface area contributed by atoms with Crippen LogP contribution in [0.15, 0.2) is 53.5 Å². The topological polar surface area (TPSA) is 24.4 Å². The minimum absolute atomic E-state index is 0.987. The second kappa shape index (κ2) is 6.26. The maximum atomic E-state index is 4.34. The van der Waals surface area contributed by atoms with E-state index >= 15 is 0 Å². The van der Waals surface area contributed by atoms with Crippen LogP contribution in [-0.2, 0) is 0 Å². The predicted molar refractivity (Wildman–Crippen MR) is 82.6 cm³/mol. The van der Waals surface area contributed by atoms with Crippen LogP contribution in [0, 0.1) is 6.92 Å². The number of rotatable bonds is 4. The molecule has 2 aromatic rings. The minimum Gasteiger partial charge on any atom is -0.355 e. The molecule has 2 aromatic carbocycles. The molecular formula is C15H16N2S. The van der Waals surface area contributed by atoms with Crippen molar-refractivity contribution in [3.63, 3.8) is 0 Å². The Balaban J connectivity index is 2.17. The fourth-order valence-electron chi connectivity index (χ4n) is 1.66. The van der Waals surface area contributed by atoms with Gasteiger partial charge in [0.05, 0.1) is 11.2 Å². The van der Waals surface area contributed by atoms with Gasteiger partial charge in [0.1, 0.15) is 0 Å². The van der Waals surface area contributed by atoms with Crippen LogP contribution >= 0.6 is 11.8 Å². The van der Waals surface area contributed by atoms with Gasteiger partial charge in [-0.2, -0.15) is 0 Å². The van der Waals surface area contributed by atoms with Crippen LogP contribution < -0.4 is 5.32 Å². The van der Waals surface area contributed by atoms with Crippen molar-refractivity contribution in [1.29, 1.82) is 0 Å². The third-order valence-electron chi connectivity index (χ3n) is 2.57. The van der Waals surface area contributed by atoms with Crippen LogP contribution in [-0.4, -0.2) is 11.8 Å². The number of nitrogens with zero attached hydrogens (tertiary/aromatic N) is 1. The Morgan fingerprint density at radius 3 is 2.56 bits per heavy atom. The second-order valence-electron chi connectivity index (χ2n) is 3.96. The van der Waals surface area contributed by atoms with Crippen molar-refractivity contribution < 1.29 is 0 Å². The SMILES string of the molecule is CSC=Nc1ccc(Nc2ccccc2)c(C)c1. The van der Waals surface area contributed by atoms with Gasteiger partial charge in [-0.1, -0.05) is 18.2 Å². The number of nitrogens with one attached hydrogen (secondary N) is 1. The molecule has 0 spiro atoms. The molecule has 3 heteroatoms. The lowest BCUT2D eigenvalue weighted by Gasteiger charge is -2.09. The van der Waals surface area contributed by atoms with Crippen molar-refractivity contribution in [3.05, 3.63) is 54.1 Å². The maximum Gasteiger partial charge on any atom is 0.0640 e. The van der Waals surface area contributed by atoms with E-state index in [1.165, 1.54) is 5.56 Å². The van der Waals surface area contributed by atoms with Crippen LogP contribution in [0.4, 0.5) is 17.1 Å². The number of thioether (sulfide) groups is 1. The fraction of sp³-hybridized carbons (Fsp3) is 0.133. The molecule has 0 heterocycles. The van der Waals surface area contributed by atoms with E-state index in [2.05, 4.69) is 41.5 Å². The molecule has 0 aliphatic heterocycles. The van der Waals surface area contributed by atoms with E-state index in [1.54, 1.807) is 11.8 Å². The lowest BCUT2D eigenvalue weighted by atomic mass is 10.1. The summed E-state index contributed by atoms with van der Waals surface area (Å²) >= 11 is 1.60. The van der Waals surface area contributed by atoms with E-state index in [1.807, 2.05) is 36.1 Å². The maximum absolute atomic E-state index is 4.34. The molecule has 0 atom stereocenters. The quantitative estimate of drug-likeness (QED) is 0.630. The number of hydrogen-bond acceptors (Lipinski definition) is 3. The zero-order valence-electron chi connectivity index (χ0n) is 10.6. The zero-order chi connectivity index (χ0) is 12.8. The number of aliphatic imine (C=N–C) groups is 1. The molecule has 0 aliphatic carbocycles. The lowest BCUT2D eigenvalue weighted by Crippen LogP contribution is -1.92. The summed E-state index contributed by atoms with van der Waals surface area (Å²) in [5.41, 5.74) is 6.24. The van der Waals surface area contributed by atoms with Crippen LogP contribution in [0.2, 0.25) is 0 Å². The summed E-state index contributed by atoms with van der Waals surface area (Å²) < 4.78 is 0. The number of hydrogen-bond donors (Lipinski definition) is 1. The van der Waals surface area contributed by atoms with E-state index < -0.39 is 0 Å². The molecular weight excluding hydrogens is 240 g/mol. The Hall–Kier alpha value is -1.74. The number of benzene rings is 2. The van der Waals surface area contributed by atoms with Crippen molar-refractivity contribution in [2.45, 2.75) is 6.92 Å². The molecule has 2 nitrogen and oxygen atoms in total. The first-order valence-electron chi connectivity index (χ1n) is 5.77. The molecule has 0 radical (unpaired) electrons. The van der Waals surface area contributed by atoms with Gasteiger partial charge in [-0.3, -0.25) is 4.99 Å². The Morgan fingerprint density at radius 1 is 1.11 bits per heavy atom. The average molecular weight is 256 g/mol. The summed E-state index contributed by atoms with van der Waals surface area (Å²) in [4.78, 5) is 4.34. The minimum atomic E-state index is 0.987. The highest BCUT2D eigenvalue weighted by Crippen LogP contribution is 2.24. The summed E-state index contributed by atoms with van der Waals surface area (Å²) in [6.07, 6.45) is 2.00. The number of aryl methyl sites for hydroxylation is 1. The predicted octanol–water partition coefficient (Wildman–Crippen LogP) is 4.76. The van der Waals surface area contributed by atoms with Gasteiger partial charge in [0, 0.05) is 11.4 Å². The van der Waals surface area contributed by atoms with Gasteiger partial charge >= 0.3 is 0 Å². The second-order valence-corrected chi connectivity index (χ2v) is 4.64.